The van der Waals surface area contributed by atoms with E-state index in [0.29, 0.717) is 6.04 Å². The van der Waals surface area contributed by atoms with Crippen molar-refractivity contribution in [1.29, 1.82) is 5.26 Å². The van der Waals surface area contributed by atoms with Crippen LogP contribution in [0.25, 0.3) is 0 Å². The van der Waals surface area contributed by atoms with Crippen LogP contribution in [-0.2, 0) is 0 Å². The molecule has 1 fully saturated rings. The van der Waals surface area contributed by atoms with Crippen molar-refractivity contribution in [1.82, 2.24) is 5.32 Å². The maximum atomic E-state index is 8.44. The topological polar surface area (TPSA) is 48.2 Å². The van der Waals surface area contributed by atoms with E-state index in [2.05, 4.69) is 17.2 Å². The van der Waals surface area contributed by atoms with Gasteiger partial charge in [-0.15, -0.1) is 0 Å². The molecule has 1 saturated carbocycles. The zero-order valence-electron chi connectivity index (χ0n) is 8.08. The summed E-state index contributed by atoms with van der Waals surface area (Å²) >= 11 is 1.50. The first-order valence-electron chi connectivity index (χ1n) is 4.53. The fraction of sp³-hybridized carbons (Fsp3) is 0.778. The van der Waals surface area contributed by atoms with Crippen molar-refractivity contribution < 1.29 is 0 Å². The Hall–Kier alpha value is -0.690. The van der Waals surface area contributed by atoms with E-state index in [1.807, 2.05) is 12.4 Å². The molecular weight excluding hydrogens is 182 g/mol. The third kappa shape index (κ3) is 3.27. The maximum Gasteiger partial charge on any atom is 0.183 e. The second kappa shape index (κ2) is 5.13. The van der Waals surface area contributed by atoms with Gasteiger partial charge in [-0.05, 0) is 31.4 Å². The molecule has 0 amide bonds. The normalized spacial score (nSPS) is 28.5. The van der Waals surface area contributed by atoms with E-state index in [4.69, 9.17) is 5.26 Å². The first-order valence-corrected chi connectivity index (χ1v) is 5.75. The van der Waals surface area contributed by atoms with Gasteiger partial charge >= 0.3 is 0 Å². The Morgan fingerprint density at radius 3 is 2.85 bits per heavy atom. The van der Waals surface area contributed by atoms with Crippen LogP contribution in [0.5, 0.6) is 0 Å². The van der Waals surface area contributed by atoms with Gasteiger partial charge in [-0.2, -0.15) is 5.26 Å². The molecule has 0 saturated heterocycles. The average molecular weight is 197 g/mol. The van der Waals surface area contributed by atoms with Crippen molar-refractivity contribution in [2.75, 3.05) is 6.26 Å². The zero-order valence-corrected chi connectivity index (χ0v) is 8.90. The van der Waals surface area contributed by atoms with Gasteiger partial charge < -0.3 is 0 Å². The Morgan fingerprint density at radius 2 is 2.38 bits per heavy atom. The van der Waals surface area contributed by atoms with E-state index in [0.717, 1.165) is 17.5 Å². The quantitative estimate of drug-likeness (QED) is 0.302. The second-order valence-electron chi connectivity index (χ2n) is 3.45. The highest BCUT2D eigenvalue weighted by Gasteiger charge is 2.20. The Kier molecular flexibility index (Phi) is 4.10. The SMILES string of the molecule is CSC(=NC1CCC(C)C1)NC#N. The van der Waals surface area contributed by atoms with Crippen molar-refractivity contribution >= 4 is 16.9 Å². The summed E-state index contributed by atoms with van der Waals surface area (Å²) in [6, 6.07) is 0.429. The number of nitriles is 1. The number of hydrogen-bond acceptors (Lipinski definition) is 3. The average Bonchev–Trinajstić information content (AvgIpc) is 2.50. The molecule has 0 aromatic carbocycles. The molecule has 2 atom stereocenters. The molecule has 0 aromatic heterocycles. The van der Waals surface area contributed by atoms with Crippen LogP contribution in [0.2, 0.25) is 0 Å². The molecule has 0 heterocycles. The van der Waals surface area contributed by atoms with Crippen molar-refractivity contribution in [3.63, 3.8) is 0 Å². The maximum absolute atomic E-state index is 8.44. The van der Waals surface area contributed by atoms with E-state index < -0.39 is 0 Å². The Morgan fingerprint density at radius 1 is 1.62 bits per heavy atom. The molecule has 0 radical (unpaired) electrons. The molecule has 0 aliphatic heterocycles. The summed E-state index contributed by atoms with van der Waals surface area (Å²) in [5, 5.41) is 11.8. The van der Waals surface area contributed by atoms with Crippen LogP contribution in [-0.4, -0.2) is 17.5 Å². The van der Waals surface area contributed by atoms with Crippen molar-refractivity contribution in [2.45, 2.75) is 32.2 Å². The molecule has 13 heavy (non-hydrogen) atoms. The predicted octanol–water partition coefficient (Wildman–Crippen LogP) is 1.96. The largest absolute Gasteiger partial charge is 0.272 e. The first-order chi connectivity index (χ1) is 6.26. The molecule has 3 nitrogen and oxygen atoms in total. The minimum atomic E-state index is 0.429. The molecule has 1 aliphatic carbocycles. The molecule has 4 heteroatoms. The minimum Gasteiger partial charge on any atom is -0.272 e. The van der Waals surface area contributed by atoms with Crippen molar-refractivity contribution in [3.8, 4) is 6.19 Å². The molecule has 2 unspecified atom stereocenters. The monoisotopic (exact) mass is 197 g/mol. The molecule has 1 rings (SSSR count). The van der Waals surface area contributed by atoms with Gasteiger partial charge in [0.15, 0.2) is 11.4 Å². The summed E-state index contributed by atoms with van der Waals surface area (Å²) in [6.07, 6.45) is 7.43. The van der Waals surface area contributed by atoms with Crippen LogP contribution in [0.3, 0.4) is 0 Å². The molecule has 1 aliphatic rings. The number of aliphatic imine (C=N–C) groups is 1. The van der Waals surface area contributed by atoms with Gasteiger partial charge in [-0.25, -0.2) is 0 Å². The summed E-state index contributed by atoms with van der Waals surface area (Å²) in [7, 11) is 0. The Balaban J connectivity index is 2.48. The van der Waals surface area contributed by atoms with E-state index in [9.17, 15) is 0 Å². The summed E-state index contributed by atoms with van der Waals surface area (Å²) in [5.41, 5.74) is 0. The highest BCUT2D eigenvalue weighted by Crippen LogP contribution is 2.27. The number of nitrogens with zero attached hydrogens (tertiary/aromatic N) is 2. The van der Waals surface area contributed by atoms with Crippen molar-refractivity contribution in [2.24, 2.45) is 10.9 Å². The molecule has 72 valence electrons. The molecular formula is C9H15N3S. The lowest BCUT2D eigenvalue weighted by Crippen LogP contribution is -2.16. The predicted molar refractivity (Wildman–Crippen MR) is 56.5 cm³/mol. The van der Waals surface area contributed by atoms with Gasteiger partial charge in [0.1, 0.15) is 0 Å². The lowest BCUT2D eigenvalue weighted by molar-refractivity contribution is 0.594. The van der Waals surface area contributed by atoms with E-state index in [1.165, 1.54) is 24.6 Å². The second-order valence-corrected chi connectivity index (χ2v) is 4.24. The Bertz CT molecular complexity index is 232. The summed E-state index contributed by atoms with van der Waals surface area (Å²) in [6.45, 7) is 2.26. The molecule has 0 aromatic rings. The van der Waals surface area contributed by atoms with Gasteiger partial charge in [0.25, 0.3) is 0 Å². The smallest absolute Gasteiger partial charge is 0.183 e. The van der Waals surface area contributed by atoms with Gasteiger partial charge in [-0.1, -0.05) is 18.7 Å². The lowest BCUT2D eigenvalue weighted by atomic mass is 10.1. The van der Waals surface area contributed by atoms with Crippen LogP contribution in [0.15, 0.2) is 4.99 Å². The van der Waals surface area contributed by atoms with Gasteiger partial charge in [0, 0.05) is 0 Å². The lowest BCUT2D eigenvalue weighted by Gasteiger charge is -2.05. The number of amidine groups is 1. The van der Waals surface area contributed by atoms with Gasteiger partial charge in [0.05, 0.1) is 6.04 Å². The highest BCUT2D eigenvalue weighted by atomic mass is 32.2. The van der Waals surface area contributed by atoms with Crippen LogP contribution in [0.4, 0.5) is 0 Å². The third-order valence-electron chi connectivity index (χ3n) is 2.32. The molecule has 0 bridgehead atoms. The first kappa shape index (κ1) is 10.4. The summed E-state index contributed by atoms with van der Waals surface area (Å²) in [5.74, 6) is 0.791. The summed E-state index contributed by atoms with van der Waals surface area (Å²) in [4.78, 5) is 4.48. The number of rotatable bonds is 1. The van der Waals surface area contributed by atoms with Gasteiger partial charge in [-0.3, -0.25) is 10.3 Å². The number of thioether (sulfide) groups is 1. The highest BCUT2D eigenvalue weighted by molar-refractivity contribution is 8.13. The standard InChI is InChI=1S/C9H15N3S/c1-7-3-4-8(5-7)12-9(13-2)11-6-10/h7-8H,3-5H2,1-2H3,(H,11,12). The van der Waals surface area contributed by atoms with Gasteiger partial charge in [0.2, 0.25) is 0 Å². The fourth-order valence-electron chi connectivity index (χ4n) is 1.64. The molecule has 1 N–H and O–H groups in total. The van der Waals surface area contributed by atoms with Crippen LogP contribution >= 0.6 is 11.8 Å². The molecule has 0 spiro atoms. The summed E-state index contributed by atoms with van der Waals surface area (Å²) < 4.78 is 0. The minimum absolute atomic E-state index is 0.429. The number of nitrogens with one attached hydrogen (secondary N) is 1. The van der Waals surface area contributed by atoms with E-state index in [1.54, 1.807) is 0 Å². The zero-order chi connectivity index (χ0) is 9.68. The Labute approximate surface area is 83.6 Å². The van der Waals surface area contributed by atoms with Crippen LogP contribution < -0.4 is 5.32 Å². The van der Waals surface area contributed by atoms with Crippen molar-refractivity contribution in [3.05, 3.63) is 0 Å². The van der Waals surface area contributed by atoms with E-state index >= 15 is 0 Å². The van der Waals surface area contributed by atoms with Crippen LogP contribution in [0.1, 0.15) is 26.2 Å². The van der Waals surface area contributed by atoms with E-state index in [-0.39, 0.29) is 0 Å². The number of hydrogen-bond donors (Lipinski definition) is 1. The fourth-order valence-corrected chi connectivity index (χ4v) is 2.05. The third-order valence-corrected chi connectivity index (χ3v) is 2.92. The van der Waals surface area contributed by atoms with Crippen LogP contribution in [0, 0.1) is 17.4 Å².